The molecule has 2 N–H and O–H groups in total. The molecule has 3 aromatic rings. The van der Waals surface area contributed by atoms with Gasteiger partial charge in [0.1, 0.15) is 17.1 Å². The highest BCUT2D eigenvalue weighted by Gasteiger charge is 2.30. The largest absolute Gasteiger partial charge is 0.493 e. The van der Waals surface area contributed by atoms with Crippen molar-refractivity contribution in [2.75, 3.05) is 33.4 Å². The highest BCUT2D eigenvalue weighted by atomic mass is 32.2. The van der Waals surface area contributed by atoms with Gasteiger partial charge < -0.3 is 24.1 Å². The number of benzene rings is 1. The van der Waals surface area contributed by atoms with E-state index in [2.05, 4.69) is 11.9 Å². The van der Waals surface area contributed by atoms with E-state index in [0.717, 1.165) is 56.2 Å². The zero-order valence-electron chi connectivity index (χ0n) is 24.7. The molecule has 0 radical (unpaired) electrons. The number of aliphatic hydroxyl groups is 1. The minimum atomic E-state index is -3.77. The van der Waals surface area contributed by atoms with E-state index in [4.69, 9.17) is 19.6 Å². The number of nitrogens with zero attached hydrogens (tertiary/aromatic N) is 3. The van der Waals surface area contributed by atoms with Crippen LogP contribution in [0.2, 0.25) is 0 Å². The van der Waals surface area contributed by atoms with Crippen LogP contribution in [0, 0.1) is 5.92 Å². The molecular weight excluding hydrogens is 544 g/mol. The first-order valence-electron chi connectivity index (χ1n) is 14.8. The first-order valence-corrected chi connectivity index (χ1v) is 16.3. The van der Waals surface area contributed by atoms with E-state index in [-0.39, 0.29) is 22.9 Å². The van der Waals surface area contributed by atoms with E-state index < -0.39 is 10.0 Å². The van der Waals surface area contributed by atoms with Crippen LogP contribution in [-0.2, 0) is 34.3 Å². The van der Waals surface area contributed by atoms with E-state index in [9.17, 15) is 13.2 Å². The number of fused-ring (bicyclic) bond motifs is 1. The van der Waals surface area contributed by atoms with Crippen LogP contribution in [0.25, 0.3) is 22.4 Å². The number of aromatic nitrogens is 3. The van der Waals surface area contributed by atoms with Crippen LogP contribution in [0.5, 0.6) is 5.75 Å². The Bertz CT molecular complexity index is 1490. The van der Waals surface area contributed by atoms with Crippen molar-refractivity contribution >= 4 is 21.1 Å². The lowest BCUT2D eigenvalue weighted by molar-refractivity contribution is 0.177. The summed E-state index contributed by atoms with van der Waals surface area (Å²) in [6, 6.07) is 4.82. The minimum Gasteiger partial charge on any atom is -0.493 e. The molecule has 41 heavy (non-hydrogen) atoms. The van der Waals surface area contributed by atoms with E-state index in [1.165, 1.54) is 4.31 Å². The van der Waals surface area contributed by atoms with Crippen molar-refractivity contribution in [2.45, 2.75) is 83.8 Å². The second-order valence-electron chi connectivity index (χ2n) is 10.7. The Balaban J connectivity index is 1.81. The average molecular weight is 589 g/mol. The maximum absolute atomic E-state index is 13.7. The fraction of sp³-hybridized carbons (Fsp3) is 0.600. The predicted octanol–water partition coefficient (Wildman–Crippen LogP) is 4.47. The lowest BCUT2D eigenvalue weighted by atomic mass is 9.93. The van der Waals surface area contributed by atoms with Crippen molar-refractivity contribution in [1.82, 2.24) is 18.8 Å². The number of nitrogens with one attached hydrogen (secondary N) is 1. The fourth-order valence-corrected chi connectivity index (χ4v) is 7.31. The first-order chi connectivity index (χ1) is 19.8. The summed E-state index contributed by atoms with van der Waals surface area (Å²) in [4.78, 5) is 21.6. The maximum atomic E-state index is 13.7. The van der Waals surface area contributed by atoms with Gasteiger partial charge in [-0.05, 0) is 69.6 Å². The third kappa shape index (κ3) is 6.53. The van der Waals surface area contributed by atoms with Gasteiger partial charge in [0, 0.05) is 44.6 Å². The molecule has 0 spiro atoms. The average Bonchev–Trinajstić information content (AvgIpc) is 3.27. The van der Waals surface area contributed by atoms with E-state index >= 15 is 0 Å². The zero-order valence-corrected chi connectivity index (χ0v) is 25.6. The van der Waals surface area contributed by atoms with Crippen molar-refractivity contribution in [3.63, 3.8) is 0 Å². The Hall–Kier alpha value is -2.73. The number of aromatic amines is 1. The number of hydrogen-bond acceptors (Lipinski definition) is 7. The highest BCUT2D eigenvalue weighted by molar-refractivity contribution is 7.89. The van der Waals surface area contributed by atoms with Crippen LogP contribution in [-0.4, -0.2) is 65.8 Å². The van der Waals surface area contributed by atoms with Gasteiger partial charge in [0.05, 0.1) is 29.2 Å². The van der Waals surface area contributed by atoms with Gasteiger partial charge in [0.15, 0.2) is 0 Å². The van der Waals surface area contributed by atoms with Crippen LogP contribution in [0.1, 0.15) is 70.6 Å². The summed E-state index contributed by atoms with van der Waals surface area (Å²) >= 11 is 0. The van der Waals surface area contributed by atoms with Gasteiger partial charge in [-0.3, -0.25) is 4.79 Å². The molecular formula is C30H44N4O6S. The van der Waals surface area contributed by atoms with Crippen molar-refractivity contribution < 1.29 is 23.0 Å². The molecule has 226 valence electrons. The van der Waals surface area contributed by atoms with Gasteiger partial charge in [0.25, 0.3) is 5.56 Å². The Kier molecular flexibility index (Phi) is 10.6. The zero-order chi connectivity index (χ0) is 29.6. The standard InChI is InChI=1S/C30H44N4O6S/c1-5-9-23-25(20-39-4)34(7-3)28-27(23)31-29(32-30(28)36)24-19-22(11-12-26(24)40-18-6-2)41(37,38)33-15-13-21(14-16-33)10-8-17-35/h11-12,19,21,35H,5-10,13-18,20H2,1-4H3,(H,31,32,36). The van der Waals surface area contributed by atoms with E-state index in [0.29, 0.717) is 61.1 Å². The minimum absolute atomic E-state index is 0.146. The molecule has 0 atom stereocenters. The number of ether oxygens (including phenoxy) is 2. The molecule has 4 rings (SSSR count). The summed E-state index contributed by atoms with van der Waals surface area (Å²) in [7, 11) is -2.13. The molecule has 0 bridgehead atoms. The monoisotopic (exact) mass is 588 g/mol. The van der Waals surface area contributed by atoms with Gasteiger partial charge in [-0.25, -0.2) is 13.4 Å². The molecule has 0 aliphatic carbocycles. The van der Waals surface area contributed by atoms with Gasteiger partial charge in [-0.2, -0.15) is 4.31 Å². The lowest BCUT2D eigenvalue weighted by Gasteiger charge is -2.31. The summed E-state index contributed by atoms with van der Waals surface area (Å²) in [5, 5.41) is 9.14. The number of rotatable bonds is 14. The molecule has 11 heteroatoms. The van der Waals surface area contributed by atoms with Gasteiger partial charge in [0.2, 0.25) is 10.0 Å². The summed E-state index contributed by atoms with van der Waals surface area (Å²) in [6.07, 6.45) is 5.57. The lowest BCUT2D eigenvalue weighted by Crippen LogP contribution is -2.38. The Morgan fingerprint density at radius 2 is 1.90 bits per heavy atom. The molecule has 3 heterocycles. The third-order valence-corrected chi connectivity index (χ3v) is 9.77. The molecule has 1 aliphatic heterocycles. The quantitative estimate of drug-likeness (QED) is 0.284. The van der Waals surface area contributed by atoms with Crippen molar-refractivity contribution in [2.24, 2.45) is 5.92 Å². The van der Waals surface area contributed by atoms with E-state index in [1.807, 2.05) is 18.4 Å². The summed E-state index contributed by atoms with van der Waals surface area (Å²) in [6.45, 7) is 8.51. The molecule has 1 aliphatic rings. The number of H-pyrrole nitrogens is 1. The highest BCUT2D eigenvalue weighted by Crippen LogP contribution is 2.34. The van der Waals surface area contributed by atoms with Crippen LogP contribution in [0.4, 0.5) is 0 Å². The molecule has 0 saturated carbocycles. The van der Waals surface area contributed by atoms with Crippen molar-refractivity contribution in [1.29, 1.82) is 0 Å². The smallest absolute Gasteiger partial charge is 0.275 e. The van der Waals surface area contributed by atoms with Crippen LogP contribution in [0.15, 0.2) is 27.9 Å². The number of hydrogen-bond donors (Lipinski definition) is 2. The number of aryl methyl sites for hydroxylation is 2. The van der Waals surface area contributed by atoms with Gasteiger partial charge >= 0.3 is 0 Å². The number of methoxy groups -OCH3 is 1. The Morgan fingerprint density at radius 3 is 2.54 bits per heavy atom. The van der Waals surface area contributed by atoms with Gasteiger partial charge in [-0.1, -0.05) is 20.3 Å². The molecule has 1 aromatic carbocycles. The second-order valence-corrected chi connectivity index (χ2v) is 12.6. The molecule has 1 saturated heterocycles. The molecule has 1 fully saturated rings. The normalized spacial score (nSPS) is 15.1. The van der Waals surface area contributed by atoms with Crippen LogP contribution >= 0.6 is 0 Å². The van der Waals surface area contributed by atoms with Crippen molar-refractivity contribution in [3.8, 4) is 17.1 Å². The molecule has 0 amide bonds. The van der Waals surface area contributed by atoms with E-state index in [1.54, 1.807) is 25.3 Å². The Morgan fingerprint density at radius 1 is 1.15 bits per heavy atom. The third-order valence-electron chi connectivity index (χ3n) is 7.87. The summed E-state index contributed by atoms with van der Waals surface area (Å²) in [5.41, 5.74) is 3.17. The second kappa shape index (κ2) is 14.0. The number of sulfonamides is 1. The van der Waals surface area contributed by atoms with Crippen LogP contribution in [0.3, 0.4) is 0 Å². The molecule has 2 aromatic heterocycles. The van der Waals surface area contributed by atoms with Crippen LogP contribution < -0.4 is 10.3 Å². The molecule has 0 unspecified atom stereocenters. The number of aliphatic hydroxyl groups excluding tert-OH is 1. The Labute approximate surface area is 242 Å². The van der Waals surface area contributed by atoms with Gasteiger partial charge in [-0.15, -0.1) is 0 Å². The first kappa shape index (κ1) is 31.2. The SMILES string of the molecule is CCCOc1ccc(S(=O)(=O)N2CCC(CCCO)CC2)cc1-c1nc2c(CCC)c(COC)n(CC)c2c(=O)[nH]1. The van der Waals surface area contributed by atoms with Crippen molar-refractivity contribution in [3.05, 3.63) is 39.8 Å². The fourth-order valence-electron chi connectivity index (χ4n) is 5.81. The predicted molar refractivity (Wildman–Crippen MR) is 160 cm³/mol. The molecule has 10 nitrogen and oxygen atoms in total. The number of piperidine rings is 1. The maximum Gasteiger partial charge on any atom is 0.275 e. The topological polar surface area (TPSA) is 127 Å². The summed E-state index contributed by atoms with van der Waals surface area (Å²) in [5.74, 6) is 1.17. The summed E-state index contributed by atoms with van der Waals surface area (Å²) < 4.78 is 42.4.